The van der Waals surface area contributed by atoms with Crippen LogP contribution in [-0.4, -0.2) is 32.8 Å². The van der Waals surface area contributed by atoms with Gasteiger partial charge >= 0.3 is 0 Å². The Morgan fingerprint density at radius 2 is 2.00 bits per heavy atom. The molecular weight excluding hydrogens is 206 g/mol. The predicted molar refractivity (Wildman–Crippen MR) is 61.4 cm³/mol. The normalized spacial score (nSPS) is 9.81. The molecule has 4 nitrogen and oxygen atoms in total. The molecule has 0 heterocycles. The largest absolute Gasteiger partial charge is 0.493 e. The van der Waals surface area contributed by atoms with E-state index in [0.29, 0.717) is 26.2 Å². The first kappa shape index (κ1) is 12.5. The summed E-state index contributed by atoms with van der Waals surface area (Å²) in [6, 6.07) is 9.44. The zero-order valence-corrected chi connectivity index (χ0v) is 9.44. The van der Waals surface area contributed by atoms with Crippen LogP contribution in [0.15, 0.2) is 30.3 Å². The first-order valence-corrected chi connectivity index (χ1v) is 5.26. The number of para-hydroxylation sites is 1. The Morgan fingerprint density at radius 1 is 1.25 bits per heavy atom. The van der Waals surface area contributed by atoms with Gasteiger partial charge in [0.25, 0.3) is 0 Å². The van der Waals surface area contributed by atoms with Crippen molar-refractivity contribution in [1.82, 2.24) is 5.32 Å². The van der Waals surface area contributed by atoms with E-state index in [1.165, 1.54) is 0 Å². The monoisotopic (exact) mass is 223 g/mol. The molecule has 1 N–H and O–H groups in total. The third-order valence-electron chi connectivity index (χ3n) is 1.97. The molecule has 0 atom stereocenters. The van der Waals surface area contributed by atoms with Crippen LogP contribution in [0.2, 0.25) is 0 Å². The molecule has 0 spiro atoms. The molecular formula is C12H17NO3. The van der Waals surface area contributed by atoms with Crippen molar-refractivity contribution >= 4 is 5.91 Å². The molecule has 0 saturated carbocycles. The minimum atomic E-state index is -0.0204. The van der Waals surface area contributed by atoms with Gasteiger partial charge in [0.15, 0.2) is 0 Å². The summed E-state index contributed by atoms with van der Waals surface area (Å²) in [5, 5.41) is 2.73. The molecule has 0 aliphatic heterocycles. The maximum absolute atomic E-state index is 11.3. The van der Waals surface area contributed by atoms with E-state index in [2.05, 4.69) is 5.32 Å². The van der Waals surface area contributed by atoms with Crippen molar-refractivity contribution in [2.45, 2.75) is 6.42 Å². The summed E-state index contributed by atoms with van der Waals surface area (Å²) in [4.78, 5) is 11.3. The molecule has 0 aliphatic rings. The lowest BCUT2D eigenvalue weighted by molar-refractivity contribution is -0.121. The second kappa shape index (κ2) is 7.70. The van der Waals surface area contributed by atoms with E-state index in [4.69, 9.17) is 9.47 Å². The van der Waals surface area contributed by atoms with Crippen molar-refractivity contribution < 1.29 is 14.3 Å². The molecule has 4 heteroatoms. The fourth-order valence-corrected chi connectivity index (χ4v) is 1.16. The van der Waals surface area contributed by atoms with Gasteiger partial charge in [0.1, 0.15) is 5.75 Å². The molecule has 0 unspecified atom stereocenters. The number of hydrogen-bond donors (Lipinski definition) is 1. The highest BCUT2D eigenvalue weighted by Crippen LogP contribution is 2.08. The number of carbonyl (C=O) groups is 1. The SMILES string of the molecule is COCCNC(=O)CCOc1ccccc1. The molecule has 1 rings (SSSR count). The summed E-state index contributed by atoms with van der Waals surface area (Å²) in [6.07, 6.45) is 0.360. The van der Waals surface area contributed by atoms with Gasteiger partial charge in [-0.25, -0.2) is 0 Å². The van der Waals surface area contributed by atoms with Crippen LogP contribution < -0.4 is 10.1 Å². The molecule has 16 heavy (non-hydrogen) atoms. The number of amides is 1. The third kappa shape index (κ3) is 5.36. The summed E-state index contributed by atoms with van der Waals surface area (Å²) >= 11 is 0. The summed E-state index contributed by atoms with van der Waals surface area (Å²) in [7, 11) is 1.60. The maximum Gasteiger partial charge on any atom is 0.223 e. The lowest BCUT2D eigenvalue weighted by Crippen LogP contribution is -2.28. The highest BCUT2D eigenvalue weighted by atomic mass is 16.5. The predicted octanol–water partition coefficient (Wildman–Crippen LogP) is 1.22. The van der Waals surface area contributed by atoms with E-state index in [1.54, 1.807) is 7.11 Å². The van der Waals surface area contributed by atoms with Gasteiger partial charge in [-0.1, -0.05) is 18.2 Å². The maximum atomic E-state index is 11.3. The molecule has 1 aromatic rings. The van der Waals surface area contributed by atoms with Crippen LogP contribution in [0.5, 0.6) is 5.75 Å². The molecule has 1 amide bonds. The number of rotatable bonds is 7. The number of benzene rings is 1. The Kier molecular flexibility index (Phi) is 6.03. The highest BCUT2D eigenvalue weighted by Gasteiger charge is 2.00. The first-order chi connectivity index (χ1) is 7.83. The first-order valence-electron chi connectivity index (χ1n) is 5.26. The van der Waals surface area contributed by atoms with Gasteiger partial charge in [-0.15, -0.1) is 0 Å². The lowest BCUT2D eigenvalue weighted by atomic mass is 10.3. The van der Waals surface area contributed by atoms with Crippen molar-refractivity contribution in [2.24, 2.45) is 0 Å². The molecule has 0 bridgehead atoms. The summed E-state index contributed by atoms with van der Waals surface area (Å²) < 4.78 is 10.2. The molecule has 0 saturated heterocycles. The second-order valence-electron chi connectivity index (χ2n) is 3.25. The van der Waals surface area contributed by atoms with E-state index in [0.717, 1.165) is 5.75 Å². The van der Waals surface area contributed by atoms with E-state index in [1.807, 2.05) is 30.3 Å². The van der Waals surface area contributed by atoms with E-state index < -0.39 is 0 Å². The van der Waals surface area contributed by atoms with Crippen molar-refractivity contribution in [1.29, 1.82) is 0 Å². The van der Waals surface area contributed by atoms with Gasteiger partial charge in [-0.05, 0) is 12.1 Å². The van der Waals surface area contributed by atoms with Gasteiger partial charge < -0.3 is 14.8 Å². The number of nitrogens with one attached hydrogen (secondary N) is 1. The smallest absolute Gasteiger partial charge is 0.223 e. The van der Waals surface area contributed by atoms with Crippen LogP contribution in [0.1, 0.15) is 6.42 Å². The van der Waals surface area contributed by atoms with Gasteiger partial charge in [-0.2, -0.15) is 0 Å². The Hall–Kier alpha value is -1.55. The molecule has 0 fully saturated rings. The molecule has 1 aromatic carbocycles. The molecule has 0 aliphatic carbocycles. The second-order valence-corrected chi connectivity index (χ2v) is 3.25. The van der Waals surface area contributed by atoms with Crippen LogP contribution >= 0.6 is 0 Å². The van der Waals surface area contributed by atoms with E-state index >= 15 is 0 Å². The Labute approximate surface area is 95.6 Å². The summed E-state index contributed by atoms with van der Waals surface area (Å²) in [5.41, 5.74) is 0. The third-order valence-corrected chi connectivity index (χ3v) is 1.97. The average molecular weight is 223 g/mol. The summed E-state index contributed by atoms with van der Waals surface area (Å²) in [6.45, 7) is 1.47. The van der Waals surface area contributed by atoms with E-state index in [-0.39, 0.29) is 5.91 Å². The number of hydrogen-bond acceptors (Lipinski definition) is 3. The highest BCUT2D eigenvalue weighted by molar-refractivity contribution is 5.75. The van der Waals surface area contributed by atoms with Crippen LogP contribution in [0.4, 0.5) is 0 Å². The number of methoxy groups -OCH3 is 1. The summed E-state index contributed by atoms with van der Waals surface area (Å²) in [5.74, 6) is 0.764. The lowest BCUT2D eigenvalue weighted by Gasteiger charge is -2.06. The Morgan fingerprint density at radius 3 is 2.69 bits per heavy atom. The van der Waals surface area contributed by atoms with Crippen molar-refractivity contribution in [3.63, 3.8) is 0 Å². The van der Waals surface area contributed by atoms with Gasteiger partial charge in [-0.3, -0.25) is 4.79 Å². The average Bonchev–Trinajstić information content (AvgIpc) is 2.31. The number of ether oxygens (including phenoxy) is 2. The zero-order chi connectivity index (χ0) is 11.6. The Bertz CT molecular complexity index is 300. The minimum absolute atomic E-state index is 0.0204. The molecule has 88 valence electrons. The Balaban J connectivity index is 2.09. The van der Waals surface area contributed by atoms with Crippen LogP contribution in [0.3, 0.4) is 0 Å². The van der Waals surface area contributed by atoms with E-state index in [9.17, 15) is 4.79 Å². The van der Waals surface area contributed by atoms with Crippen LogP contribution in [-0.2, 0) is 9.53 Å². The fourth-order valence-electron chi connectivity index (χ4n) is 1.16. The standard InChI is InChI=1S/C12H17NO3/c1-15-10-8-13-12(14)7-9-16-11-5-3-2-4-6-11/h2-6H,7-10H2,1H3,(H,13,14). The van der Waals surface area contributed by atoms with Gasteiger partial charge in [0, 0.05) is 13.7 Å². The van der Waals surface area contributed by atoms with Crippen molar-refractivity contribution in [3.05, 3.63) is 30.3 Å². The van der Waals surface area contributed by atoms with Crippen LogP contribution in [0, 0.1) is 0 Å². The topological polar surface area (TPSA) is 47.6 Å². The fraction of sp³-hybridized carbons (Fsp3) is 0.417. The molecule has 0 aromatic heterocycles. The van der Waals surface area contributed by atoms with Gasteiger partial charge in [0.05, 0.1) is 19.6 Å². The van der Waals surface area contributed by atoms with Crippen molar-refractivity contribution in [2.75, 3.05) is 26.9 Å². The quantitative estimate of drug-likeness (QED) is 0.707. The molecule has 0 radical (unpaired) electrons. The van der Waals surface area contributed by atoms with Gasteiger partial charge in [0.2, 0.25) is 5.91 Å². The number of carbonyl (C=O) groups excluding carboxylic acids is 1. The zero-order valence-electron chi connectivity index (χ0n) is 9.44. The minimum Gasteiger partial charge on any atom is -0.493 e. The van der Waals surface area contributed by atoms with Crippen molar-refractivity contribution in [3.8, 4) is 5.75 Å². The van der Waals surface area contributed by atoms with Crippen LogP contribution in [0.25, 0.3) is 0 Å².